The average molecular weight is 244 g/mol. The third-order valence-corrected chi connectivity index (χ3v) is 2.81. The monoisotopic (exact) mass is 244 g/mol. The largest absolute Gasteiger partial charge is 0.393 e. The summed E-state index contributed by atoms with van der Waals surface area (Å²) in [5.74, 6) is 0. The van der Waals surface area contributed by atoms with Gasteiger partial charge < -0.3 is 19.7 Å². The highest BCUT2D eigenvalue weighted by molar-refractivity contribution is 5.50. The van der Waals surface area contributed by atoms with Gasteiger partial charge in [-0.3, -0.25) is 0 Å². The molecule has 0 spiro atoms. The van der Waals surface area contributed by atoms with Crippen molar-refractivity contribution in [1.29, 1.82) is 0 Å². The molecule has 0 rings (SSSR count). The predicted octanol–water partition coefficient (Wildman–Crippen LogP) is 1.45. The Kier molecular flexibility index (Phi) is 8.94. The van der Waals surface area contributed by atoms with Gasteiger partial charge >= 0.3 is 0 Å². The van der Waals surface area contributed by atoms with Crippen molar-refractivity contribution in [3.8, 4) is 0 Å². The van der Waals surface area contributed by atoms with Crippen LogP contribution in [0.15, 0.2) is 12.7 Å². The van der Waals surface area contributed by atoms with Crippen molar-refractivity contribution < 1.29 is 19.7 Å². The number of carbonyl (C=O) groups is 1. The van der Waals surface area contributed by atoms with E-state index < -0.39 is 18.3 Å². The highest BCUT2D eigenvalue weighted by atomic mass is 16.5. The molecule has 0 amide bonds. The lowest BCUT2D eigenvalue weighted by Gasteiger charge is -2.33. The second kappa shape index (κ2) is 9.33. The number of unbranched alkanes of at least 4 members (excludes halogenated alkanes) is 2. The number of ether oxygens (including phenoxy) is 1. The maximum Gasteiger partial charge on any atom is 0.122 e. The second-order valence-corrected chi connectivity index (χ2v) is 4.23. The van der Waals surface area contributed by atoms with Crippen molar-refractivity contribution in [2.45, 2.75) is 50.7 Å². The zero-order chi connectivity index (χ0) is 13.1. The van der Waals surface area contributed by atoms with Crippen LogP contribution in [0.4, 0.5) is 0 Å². The average Bonchev–Trinajstić information content (AvgIpc) is 2.34. The van der Waals surface area contributed by atoms with E-state index >= 15 is 0 Å². The molecule has 2 N–H and O–H groups in total. The van der Waals surface area contributed by atoms with Crippen molar-refractivity contribution in [2.24, 2.45) is 0 Å². The molecule has 4 nitrogen and oxygen atoms in total. The summed E-state index contributed by atoms with van der Waals surface area (Å²) in [6.07, 6.45) is 4.94. The Morgan fingerprint density at radius 3 is 2.65 bits per heavy atom. The lowest BCUT2D eigenvalue weighted by molar-refractivity contribution is -0.140. The summed E-state index contributed by atoms with van der Waals surface area (Å²) < 4.78 is 5.36. The van der Waals surface area contributed by atoms with Gasteiger partial charge in [-0.15, -0.1) is 6.58 Å². The normalized spacial score (nSPS) is 16.2. The fraction of sp³-hybridized carbons (Fsp3) is 0.769. The topological polar surface area (TPSA) is 66.8 Å². The Morgan fingerprint density at radius 1 is 1.47 bits per heavy atom. The molecule has 0 aromatic heterocycles. The first-order valence-electron chi connectivity index (χ1n) is 6.14. The van der Waals surface area contributed by atoms with Gasteiger partial charge in [0.15, 0.2) is 0 Å². The van der Waals surface area contributed by atoms with Crippen LogP contribution in [-0.2, 0) is 9.53 Å². The number of hydrogen-bond donors (Lipinski definition) is 2. The zero-order valence-electron chi connectivity index (χ0n) is 10.6. The molecule has 0 aliphatic rings. The summed E-state index contributed by atoms with van der Waals surface area (Å²) in [4.78, 5) is 10.6. The Bertz CT molecular complexity index is 217. The number of aldehydes is 1. The van der Waals surface area contributed by atoms with E-state index in [0.29, 0.717) is 12.7 Å². The van der Waals surface area contributed by atoms with Crippen LogP contribution in [0, 0.1) is 0 Å². The quantitative estimate of drug-likeness (QED) is 0.328. The van der Waals surface area contributed by atoms with Gasteiger partial charge in [-0.25, -0.2) is 0 Å². The van der Waals surface area contributed by atoms with Crippen LogP contribution in [0.1, 0.15) is 39.0 Å². The molecular weight excluding hydrogens is 220 g/mol. The Balaban J connectivity index is 4.47. The molecule has 0 fully saturated rings. The molecule has 4 heteroatoms. The molecule has 0 bridgehead atoms. The van der Waals surface area contributed by atoms with E-state index in [1.165, 1.54) is 0 Å². The summed E-state index contributed by atoms with van der Waals surface area (Å²) in [5, 5.41) is 19.6. The van der Waals surface area contributed by atoms with Gasteiger partial charge in [0.1, 0.15) is 11.9 Å². The van der Waals surface area contributed by atoms with Crippen LogP contribution >= 0.6 is 0 Å². The van der Waals surface area contributed by atoms with Gasteiger partial charge in [0.05, 0.1) is 19.3 Å². The van der Waals surface area contributed by atoms with Gasteiger partial charge in [0.25, 0.3) is 0 Å². The van der Waals surface area contributed by atoms with Gasteiger partial charge in [-0.1, -0.05) is 32.3 Å². The molecule has 2 atom stereocenters. The van der Waals surface area contributed by atoms with Crippen molar-refractivity contribution >= 4 is 6.29 Å². The van der Waals surface area contributed by atoms with Crippen LogP contribution in [-0.4, -0.2) is 41.4 Å². The summed E-state index contributed by atoms with van der Waals surface area (Å²) >= 11 is 0. The standard InChI is InChI=1S/C13H24O4/c1-3-5-6-8-13(16,11-15)12(7-9-14)17-10-4-2/h4,9,12,15-16H,2-3,5-8,10-11H2,1H3/t12-,13+/m1/s1. The molecule has 0 aliphatic heterocycles. The lowest BCUT2D eigenvalue weighted by atomic mass is 9.89. The molecule has 0 saturated heterocycles. The van der Waals surface area contributed by atoms with Crippen LogP contribution < -0.4 is 0 Å². The Labute approximate surface area is 103 Å². The highest BCUT2D eigenvalue weighted by Crippen LogP contribution is 2.23. The van der Waals surface area contributed by atoms with Gasteiger partial charge in [0, 0.05) is 6.42 Å². The van der Waals surface area contributed by atoms with E-state index in [2.05, 4.69) is 13.5 Å². The van der Waals surface area contributed by atoms with Gasteiger partial charge in [-0.05, 0) is 6.42 Å². The molecule has 0 aromatic rings. The van der Waals surface area contributed by atoms with Gasteiger partial charge in [0.2, 0.25) is 0 Å². The van der Waals surface area contributed by atoms with E-state index in [1.54, 1.807) is 6.08 Å². The number of hydrogen-bond acceptors (Lipinski definition) is 4. The molecule has 17 heavy (non-hydrogen) atoms. The molecule has 0 unspecified atom stereocenters. The summed E-state index contributed by atoms with van der Waals surface area (Å²) in [5.41, 5.74) is -1.33. The van der Waals surface area contributed by atoms with Gasteiger partial charge in [-0.2, -0.15) is 0 Å². The fourth-order valence-corrected chi connectivity index (χ4v) is 1.74. The highest BCUT2D eigenvalue weighted by Gasteiger charge is 2.36. The van der Waals surface area contributed by atoms with Crippen LogP contribution in [0.3, 0.4) is 0 Å². The second-order valence-electron chi connectivity index (χ2n) is 4.23. The minimum atomic E-state index is -1.33. The number of carbonyl (C=O) groups excluding carboxylic acids is 1. The first-order chi connectivity index (χ1) is 8.14. The number of rotatable bonds is 11. The van der Waals surface area contributed by atoms with E-state index in [1.807, 2.05) is 0 Å². The predicted molar refractivity (Wildman–Crippen MR) is 66.8 cm³/mol. The van der Waals surface area contributed by atoms with E-state index in [-0.39, 0.29) is 13.0 Å². The maximum absolute atomic E-state index is 10.6. The summed E-state index contributed by atoms with van der Waals surface area (Å²) in [6, 6.07) is 0. The summed E-state index contributed by atoms with van der Waals surface area (Å²) in [6.45, 7) is 5.45. The lowest BCUT2D eigenvalue weighted by Crippen LogP contribution is -2.47. The number of aliphatic hydroxyl groups excluding tert-OH is 1. The Morgan fingerprint density at radius 2 is 2.18 bits per heavy atom. The third-order valence-electron chi connectivity index (χ3n) is 2.81. The molecule has 0 aliphatic carbocycles. The minimum Gasteiger partial charge on any atom is -0.393 e. The van der Waals surface area contributed by atoms with Crippen LogP contribution in [0.25, 0.3) is 0 Å². The molecule has 0 radical (unpaired) electrons. The van der Waals surface area contributed by atoms with Crippen molar-refractivity contribution in [3.63, 3.8) is 0 Å². The SMILES string of the molecule is C=CCO[C@H](CC=O)[C@@](O)(CO)CCCCC. The zero-order valence-corrected chi connectivity index (χ0v) is 10.6. The van der Waals surface area contributed by atoms with E-state index in [9.17, 15) is 15.0 Å². The third kappa shape index (κ3) is 5.96. The fourth-order valence-electron chi connectivity index (χ4n) is 1.74. The van der Waals surface area contributed by atoms with Crippen LogP contribution in [0.5, 0.6) is 0 Å². The molecule has 0 heterocycles. The first kappa shape index (κ1) is 16.3. The minimum absolute atomic E-state index is 0.0804. The van der Waals surface area contributed by atoms with E-state index in [4.69, 9.17) is 4.74 Å². The number of aliphatic hydroxyl groups is 2. The molecule has 100 valence electrons. The maximum atomic E-state index is 10.6. The smallest absolute Gasteiger partial charge is 0.122 e. The van der Waals surface area contributed by atoms with Crippen molar-refractivity contribution in [2.75, 3.05) is 13.2 Å². The molecule has 0 saturated carbocycles. The first-order valence-corrected chi connectivity index (χ1v) is 6.14. The van der Waals surface area contributed by atoms with Crippen LogP contribution in [0.2, 0.25) is 0 Å². The van der Waals surface area contributed by atoms with Crippen molar-refractivity contribution in [3.05, 3.63) is 12.7 Å². The van der Waals surface area contributed by atoms with Crippen molar-refractivity contribution in [1.82, 2.24) is 0 Å². The van der Waals surface area contributed by atoms with E-state index in [0.717, 1.165) is 19.3 Å². The molecule has 0 aromatic carbocycles. The Hall–Kier alpha value is -0.710. The summed E-state index contributed by atoms with van der Waals surface area (Å²) in [7, 11) is 0. The molecular formula is C13H24O4.